The first-order valence-electron chi connectivity index (χ1n) is 3.72. The number of alkyl halides is 4. The molecule has 0 aromatic heterocycles. The van der Waals surface area contributed by atoms with Gasteiger partial charge in [0.2, 0.25) is 9.96 Å². The maximum atomic E-state index is 13.5. The van der Waals surface area contributed by atoms with Crippen molar-refractivity contribution in [2.24, 2.45) is 0 Å². The number of hydrogen-bond donors (Lipinski definition) is 0. The van der Waals surface area contributed by atoms with Crippen molar-refractivity contribution in [3.05, 3.63) is 35.9 Å². The smallest absolute Gasteiger partial charge is 0.262 e. The Morgan fingerprint density at radius 3 is 2.29 bits per heavy atom. The molecule has 1 aromatic rings. The van der Waals surface area contributed by atoms with Crippen LogP contribution in [0, 0.1) is 0 Å². The summed E-state index contributed by atoms with van der Waals surface area (Å²) in [6.07, 6.45) is 0. The van der Waals surface area contributed by atoms with E-state index in [0.717, 1.165) is 0 Å². The molecule has 0 radical (unpaired) electrons. The Morgan fingerprint density at radius 2 is 1.86 bits per heavy atom. The van der Waals surface area contributed by atoms with Crippen LogP contribution in [0.25, 0.3) is 0 Å². The molecule has 0 fully saturated rings. The van der Waals surface area contributed by atoms with Gasteiger partial charge in [0.05, 0.1) is 0 Å². The minimum absolute atomic E-state index is 0.184. The van der Waals surface area contributed by atoms with Crippen molar-refractivity contribution in [2.45, 2.75) is 7.85 Å². The van der Waals surface area contributed by atoms with E-state index in [1.54, 1.807) is 18.2 Å². The summed E-state index contributed by atoms with van der Waals surface area (Å²) in [5, 5.41) is 0. The van der Waals surface area contributed by atoms with Gasteiger partial charge in [-0.25, -0.2) is 8.78 Å². The van der Waals surface area contributed by atoms with Crippen LogP contribution in [0.5, 0.6) is 0 Å². The van der Waals surface area contributed by atoms with E-state index in [9.17, 15) is 13.6 Å². The number of rotatable bonds is 3. The molecule has 1 rings (SSSR count). The van der Waals surface area contributed by atoms with Crippen molar-refractivity contribution in [1.29, 1.82) is 0 Å². The third-order valence-electron chi connectivity index (χ3n) is 1.61. The zero-order valence-electron chi connectivity index (χ0n) is 6.88. The van der Waals surface area contributed by atoms with Crippen molar-refractivity contribution in [3.8, 4) is 0 Å². The number of halogens is 4. The molecule has 0 amide bonds. The molecular weight excluding hydrogens is 416 g/mol. The van der Waals surface area contributed by atoms with Crippen molar-refractivity contribution in [3.63, 3.8) is 0 Å². The van der Waals surface area contributed by atoms with Gasteiger partial charge in [-0.1, -0.05) is 30.3 Å². The lowest BCUT2D eigenvalue weighted by Crippen LogP contribution is -2.33. The maximum Gasteiger partial charge on any atom is 0.262 e. The first-order chi connectivity index (χ1) is 6.46. The number of benzene rings is 1. The van der Waals surface area contributed by atoms with Crippen LogP contribution in [-0.4, -0.2) is 13.6 Å². The Hall–Kier alpha value is 0.210. The lowest BCUT2D eigenvalue weighted by Gasteiger charge is -2.16. The average Bonchev–Trinajstić information content (AvgIpc) is 2.17. The van der Waals surface area contributed by atoms with Gasteiger partial charge in [-0.15, -0.1) is 0 Å². The molecule has 1 nitrogen and oxygen atoms in total. The summed E-state index contributed by atoms with van der Waals surface area (Å²) >= 11 is 2.45. The van der Waals surface area contributed by atoms with Gasteiger partial charge in [0, 0.05) is 5.56 Å². The predicted octanol–water partition coefficient (Wildman–Crippen LogP) is 3.70. The number of carbonyl (C=O) groups is 1. The van der Waals surface area contributed by atoms with E-state index in [-0.39, 0.29) is 5.56 Å². The van der Waals surface area contributed by atoms with Crippen LogP contribution < -0.4 is 0 Å². The molecule has 0 aliphatic rings. The zero-order valence-corrected chi connectivity index (χ0v) is 11.2. The largest absolute Gasteiger partial charge is 0.289 e. The first kappa shape index (κ1) is 12.3. The Morgan fingerprint density at radius 1 is 1.36 bits per heavy atom. The minimum Gasteiger partial charge on any atom is -0.289 e. The summed E-state index contributed by atoms with van der Waals surface area (Å²) in [5.74, 6) is -0.833. The molecule has 1 aromatic carbocycles. The van der Waals surface area contributed by atoms with Crippen LogP contribution >= 0.6 is 45.2 Å². The van der Waals surface area contributed by atoms with E-state index < -0.39 is 13.6 Å². The molecule has 2 atom stereocenters. The Kier molecular flexibility index (Phi) is 4.23. The summed E-state index contributed by atoms with van der Waals surface area (Å²) in [4.78, 5) is 11.5. The van der Waals surface area contributed by atoms with Crippen molar-refractivity contribution < 1.29 is 13.6 Å². The van der Waals surface area contributed by atoms with Crippen LogP contribution in [0.3, 0.4) is 0 Å². The van der Waals surface area contributed by atoms with E-state index >= 15 is 0 Å². The molecule has 0 saturated carbocycles. The molecule has 0 saturated heterocycles. The Bertz CT molecular complexity index is 325. The molecule has 0 N–H and O–H groups in total. The van der Waals surface area contributed by atoms with E-state index in [1.165, 1.54) is 57.3 Å². The van der Waals surface area contributed by atoms with Gasteiger partial charge >= 0.3 is 0 Å². The maximum absolute atomic E-state index is 13.5. The quantitative estimate of drug-likeness (QED) is 0.413. The lowest BCUT2D eigenvalue weighted by atomic mass is 10.1. The van der Waals surface area contributed by atoms with Gasteiger partial charge in [0.1, 0.15) is 0 Å². The molecule has 2 unspecified atom stereocenters. The van der Waals surface area contributed by atoms with E-state index in [2.05, 4.69) is 0 Å². The second-order valence-corrected chi connectivity index (χ2v) is 5.28. The van der Waals surface area contributed by atoms with E-state index in [4.69, 9.17) is 0 Å². The fourth-order valence-electron chi connectivity index (χ4n) is 0.881. The molecule has 0 aliphatic heterocycles. The third kappa shape index (κ3) is 2.62. The summed E-state index contributed by atoms with van der Waals surface area (Å²) in [6, 6.07) is 7.87. The van der Waals surface area contributed by atoms with Gasteiger partial charge in [-0.3, -0.25) is 4.79 Å². The van der Waals surface area contributed by atoms with E-state index in [0.29, 0.717) is 0 Å². The molecule has 0 aliphatic carbocycles. The molecule has 76 valence electrons. The highest BCUT2D eigenvalue weighted by Gasteiger charge is 2.43. The predicted molar refractivity (Wildman–Crippen MR) is 67.5 cm³/mol. The molecule has 5 heteroatoms. The first-order valence-corrected chi connectivity index (χ1v) is 6.04. The number of hydrogen-bond acceptors (Lipinski definition) is 1. The summed E-state index contributed by atoms with van der Waals surface area (Å²) in [5.41, 5.74) is 0.184. The molecule has 0 spiro atoms. The average molecular weight is 422 g/mol. The normalized spacial score (nSPS) is 17.1. The van der Waals surface area contributed by atoms with Gasteiger partial charge in [0.25, 0.3) is 3.68 Å². The Balaban J connectivity index is 2.97. The standard InChI is InChI=1S/C9H6F2I2O/c10-8(12)9(11,13)7(14)6-4-2-1-3-5-6/h1-5,8H. The van der Waals surface area contributed by atoms with Crippen molar-refractivity contribution in [1.82, 2.24) is 0 Å². The van der Waals surface area contributed by atoms with Crippen LogP contribution in [0.2, 0.25) is 0 Å². The lowest BCUT2D eigenvalue weighted by molar-refractivity contribution is 0.0817. The fourth-order valence-corrected chi connectivity index (χ4v) is 1.48. The second-order valence-electron chi connectivity index (χ2n) is 2.62. The molecular formula is C9H6F2I2O. The van der Waals surface area contributed by atoms with Crippen LogP contribution in [-0.2, 0) is 0 Å². The minimum atomic E-state index is -2.49. The van der Waals surface area contributed by atoms with E-state index in [1.807, 2.05) is 0 Å². The topological polar surface area (TPSA) is 17.1 Å². The van der Waals surface area contributed by atoms with Crippen molar-refractivity contribution >= 4 is 51.0 Å². The van der Waals surface area contributed by atoms with Gasteiger partial charge < -0.3 is 0 Å². The number of ketones is 1. The highest BCUT2D eigenvalue weighted by atomic mass is 127. The number of Topliss-reactive ketones (excluding diaryl/α,β-unsaturated/α-hetero) is 1. The number of carbonyl (C=O) groups excluding carboxylic acids is 1. The molecule has 0 bridgehead atoms. The van der Waals surface area contributed by atoms with Crippen molar-refractivity contribution in [2.75, 3.05) is 0 Å². The highest BCUT2D eigenvalue weighted by Crippen LogP contribution is 2.35. The van der Waals surface area contributed by atoms with Gasteiger partial charge in [0.15, 0.2) is 0 Å². The summed E-state index contributed by atoms with van der Waals surface area (Å²) in [7, 11) is 0. The summed E-state index contributed by atoms with van der Waals surface area (Å²) in [6.45, 7) is 0. The highest BCUT2D eigenvalue weighted by molar-refractivity contribution is 14.1. The fraction of sp³-hybridized carbons (Fsp3) is 0.222. The molecule has 14 heavy (non-hydrogen) atoms. The van der Waals surface area contributed by atoms with Crippen LogP contribution in [0.4, 0.5) is 8.78 Å². The van der Waals surface area contributed by atoms with Gasteiger partial charge in [-0.05, 0) is 45.2 Å². The Labute approximate surface area is 108 Å². The SMILES string of the molecule is O=C(c1ccccc1)C(F)(I)C(F)I. The molecule has 0 heterocycles. The second kappa shape index (κ2) is 4.82. The zero-order chi connectivity index (χ0) is 10.8. The third-order valence-corrected chi connectivity index (χ3v) is 4.70. The van der Waals surface area contributed by atoms with Gasteiger partial charge in [-0.2, -0.15) is 0 Å². The monoisotopic (exact) mass is 422 g/mol. The van der Waals surface area contributed by atoms with Crippen LogP contribution in [0.1, 0.15) is 10.4 Å². The summed E-state index contributed by atoms with van der Waals surface area (Å²) < 4.78 is 22.0. The van der Waals surface area contributed by atoms with Crippen LogP contribution in [0.15, 0.2) is 30.3 Å².